The van der Waals surface area contributed by atoms with Gasteiger partial charge in [-0.25, -0.2) is 4.79 Å². The second-order valence-electron chi connectivity index (χ2n) is 4.37. The van der Waals surface area contributed by atoms with Crippen molar-refractivity contribution < 1.29 is 9.90 Å². The fourth-order valence-corrected chi connectivity index (χ4v) is 2.03. The van der Waals surface area contributed by atoms with E-state index in [0.29, 0.717) is 10.7 Å². The topological polar surface area (TPSA) is 66.3 Å². The van der Waals surface area contributed by atoms with Gasteiger partial charge in [0.2, 0.25) is 0 Å². The number of benzene rings is 1. The third-order valence-electron chi connectivity index (χ3n) is 2.90. The van der Waals surface area contributed by atoms with Crippen molar-refractivity contribution in [3.05, 3.63) is 53.3 Å². The molecule has 0 fully saturated rings. The minimum Gasteiger partial charge on any atom is -0.385 e. The number of aryl methyl sites for hydroxylation is 1. The van der Waals surface area contributed by atoms with E-state index >= 15 is 0 Å². The Morgan fingerprint density at radius 1 is 1.35 bits per heavy atom. The smallest absolute Gasteiger partial charge is 0.319 e. The van der Waals surface area contributed by atoms with Crippen LogP contribution in [0.25, 0.3) is 0 Å². The van der Waals surface area contributed by atoms with Crippen LogP contribution in [-0.4, -0.2) is 22.2 Å². The van der Waals surface area contributed by atoms with Gasteiger partial charge in [0.15, 0.2) is 0 Å². The van der Waals surface area contributed by atoms with E-state index in [1.54, 1.807) is 34.9 Å². The van der Waals surface area contributed by atoms with Crippen molar-refractivity contribution in [1.29, 1.82) is 0 Å². The Labute approximate surface area is 122 Å². The molecule has 1 aromatic carbocycles. The van der Waals surface area contributed by atoms with Crippen molar-refractivity contribution >= 4 is 23.3 Å². The Balaban J connectivity index is 1.87. The van der Waals surface area contributed by atoms with Crippen molar-refractivity contribution in [3.8, 4) is 0 Å². The summed E-state index contributed by atoms with van der Waals surface area (Å²) in [6.07, 6.45) is 1.08. The van der Waals surface area contributed by atoms with Crippen LogP contribution in [0.3, 0.4) is 0 Å². The fraction of sp³-hybridized carbons (Fsp3) is 0.214. The molecule has 2 amide bonds. The predicted octanol–water partition coefficient (Wildman–Crippen LogP) is 2.53. The first kappa shape index (κ1) is 14.4. The summed E-state index contributed by atoms with van der Waals surface area (Å²) in [4.78, 5) is 11.7. The monoisotopic (exact) mass is 293 g/mol. The lowest BCUT2D eigenvalue weighted by Crippen LogP contribution is -2.32. The van der Waals surface area contributed by atoms with E-state index in [4.69, 9.17) is 11.6 Å². The molecule has 0 spiro atoms. The number of halogens is 1. The number of hydrogen-bond donors (Lipinski definition) is 3. The summed E-state index contributed by atoms with van der Waals surface area (Å²) in [5.74, 6) is 0. The van der Waals surface area contributed by atoms with Crippen LogP contribution in [0.15, 0.2) is 42.6 Å². The number of nitrogens with zero attached hydrogens (tertiary/aromatic N) is 1. The Bertz CT molecular complexity index is 598. The Kier molecular flexibility index (Phi) is 4.65. The number of aliphatic hydroxyl groups excluding tert-OH is 1. The minimum atomic E-state index is -0.757. The van der Waals surface area contributed by atoms with Gasteiger partial charge in [-0.3, -0.25) is 0 Å². The minimum absolute atomic E-state index is 0.119. The average Bonchev–Trinajstić information content (AvgIpc) is 2.85. The molecule has 3 N–H and O–H groups in total. The van der Waals surface area contributed by atoms with Crippen molar-refractivity contribution in [2.45, 2.75) is 6.10 Å². The number of urea groups is 1. The van der Waals surface area contributed by atoms with Crippen LogP contribution in [-0.2, 0) is 7.05 Å². The van der Waals surface area contributed by atoms with E-state index in [0.717, 1.165) is 5.69 Å². The van der Waals surface area contributed by atoms with Gasteiger partial charge in [0.25, 0.3) is 0 Å². The van der Waals surface area contributed by atoms with E-state index in [-0.39, 0.29) is 6.54 Å². The number of nitrogens with one attached hydrogen (secondary N) is 2. The molecule has 5 nitrogen and oxygen atoms in total. The van der Waals surface area contributed by atoms with Crippen LogP contribution >= 0.6 is 11.6 Å². The van der Waals surface area contributed by atoms with Crippen LogP contribution in [0.2, 0.25) is 5.02 Å². The number of rotatable bonds is 4. The van der Waals surface area contributed by atoms with E-state index in [2.05, 4.69) is 10.6 Å². The molecule has 0 saturated carbocycles. The summed E-state index contributed by atoms with van der Waals surface area (Å²) in [5.41, 5.74) is 1.27. The zero-order valence-corrected chi connectivity index (χ0v) is 11.8. The van der Waals surface area contributed by atoms with Gasteiger partial charge in [0, 0.05) is 18.9 Å². The molecule has 2 rings (SSSR count). The number of aromatic nitrogens is 1. The lowest BCUT2D eigenvalue weighted by Gasteiger charge is -2.14. The van der Waals surface area contributed by atoms with Crippen LogP contribution in [0.1, 0.15) is 11.8 Å². The molecule has 0 radical (unpaired) electrons. The van der Waals surface area contributed by atoms with Crippen molar-refractivity contribution in [2.24, 2.45) is 7.05 Å². The van der Waals surface area contributed by atoms with Crippen LogP contribution < -0.4 is 10.6 Å². The number of amides is 2. The molecule has 0 aliphatic rings. The second kappa shape index (κ2) is 6.45. The molecule has 2 aromatic rings. The molecule has 0 aliphatic heterocycles. The number of aliphatic hydroxyl groups is 1. The lowest BCUT2D eigenvalue weighted by atomic mass is 10.2. The Morgan fingerprint density at radius 3 is 2.75 bits per heavy atom. The number of anilines is 1. The van der Waals surface area contributed by atoms with Crippen LogP contribution in [0, 0.1) is 0 Å². The maximum atomic E-state index is 11.7. The molecule has 20 heavy (non-hydrogen) atoms. The van der Waals surface area contributed by atoms with E-state index < -0.39 is 12.1 Å². The number of hydrogen-bond acceptors (Lipinski definition) is 2. The molecule has 0 unspecified atom stereocenters. The Morgan fingerprint density at radius 2 is 2.10 bits per heavy atom. The molecule has 1 aromatic heterocycles. The number of carbonyl (C=O) groups is 1. The largest absolute Gasteiger partial charge is 0.385 e. The maximum Gasteiger partial charge on any atom is 0.319 e. The molecular formula is C14H16ClN3O2. The maximum absolute atomic E-state index is 11.7. The van der Waals surface area contributed by atoms with Crippen LogP contribution in [0.5, 0.6) is 0 Å². The number of para-hydroxylation sites is 1. The molecule has 0 saturated heterocycles. The number of carbonyl (C=O) groups excluding carboxylic acids is 1. The highest BCUT2D eigenvalue weighted by Crippen LogP contribution is 2.20. The van der Waals surface area contributed by atoms with Gasteiger partial charge in [-0.1, -0.05) is 23.7 Å². The van der Waals surface area contributed by atoms with Gasteiger partial charge in [0.05, 0.1) is 17.3 Å². The molecule has 6 heteroatoms. The van der Waals surface area contributed by atoms with E-state index in [9.17, 15) is 9.90 Å². The normalized spacial score (nSPS) is 11.9. The SMILES string of the molecule is Cn1cccc1[C@H](O)CNC(=O)Nc1ccccc1Cl. The van der Waals surface area contributed by atoms with Gasteiger partial charge in [-0.15, -0.1) is 0 Å². The molecule has 106 valence electrons. The fourth-order valence-electron chi connectivity index (χ4n) is 1.84. The standard InChI is InChI=1S/C14H16ClN3O2/c1-18-8-4-7-12(18)13(19)9-16-14(20)17-11-6-3-2-5-10(11)15/h2-8,13,19H,9H2,1H3,(H2,16,17,20)/t13-/m1/s1. The van der Waals surface area contributed by atoms with Crippen molar-refractivity contribution in [1.82, 2.24) is 9.88 Å². The highest BCUT2D eigenvalue weighted by atomic mass is 35.5. The summed E-state index contributed by atoms with van der Waals surface area (Å²) in [7, 11) is 1.84. The quantitative estimate of drug-likeness (QED) is 0.811. The molecule has 0 aliphatic carbocycles. The summed E-state index contributed by atoms with van der Waals surface area (Å²) < 4.78 is 1.80. The predicted molar refractivity (Wildman–Crippen MR) is 78.8 cm³/mol. The molecule has 1 atom stereocenters. The molecular weight excluding hydrogens is 278 g/mol. The van der Waals surface area contributed by atoms with E-state index in [1.807, 2.05) is 19.3 Å². The van der Waals surface area contributed by atoms with E-state index in [1.165, 1.54) is 0 Å². The highest BCUT2D eigenvalue weighted by Gasteiger charge is 2.12. The second-order valence-corrected chi connectivity index (χ2v) is 4.78. The van der Waals surface area contributed by atoms with Gasteiger partial charge < -0.3 is 20.3 Å². The molecule has 1 heterocycles. The summed E-state index contributed by atoms with van der Waals surface area (Å²) in [6, 6.07) is 10.2. The van der Waals surface area contributed by atoms with Gasteiger partial charge in [0.1, 0.15) is 6.10 Å². The van der Waals surface area contributed by atoms with Gasteiger partial charge in [-0.05, 0) is 24.3 Å². The highest BCUT2D eigenvalue weighted by molar-refractivity contribution is 6.33. The summed E-state index contributed by atoms with van der Waals surface area (Å²) >= 11 is 5.94. The van der Waals surface area contributed by atoms with Crippen molar-refractivity contribution in [3.63, 3.8) is 0 Å². The first-order valence-corrected chi connectivity index (χ1v) is 6.54. The first-order chi connectivity index (χ1) is 9.58. The van der Waals surface area contributed by atoms with Crippen LogP contribution in [0.4, 0.5) is 10.5 Å². The first-order valence-electron chi connectivity index (χ1n) is 6.16. The Hall–Kier alpha value is -1.98. The third kappa shape index (κ3) is 3.53. The zero-order chi connectivity index (χ0) is 14.5. The lowest BCUT2D eigenvalue weighted by molar-refractivity contribution is 0.167. The zero-order valence-electron chi connectivity index (χ0n) is 11.0. The third-order valence-corrected chi connectivity index (χ3v) is 3.23. The van der Waals surface area contributed by atoms with Gasteiger partial charge in [-0.2, -0.15) is 0 Å². The van der Waals surface area contributed by atoms with Crippen molar-refractivity contribution in [2.75, 3.05) is 11.9 Å². The summed E-state index contributed by atoms with van der Waals surface area (Å²) in [6.45, 7) is 0.119. The molecule has 0 bridgehead atoms. The van der Waals surface area contributed by atoms with Gasteiger partial charge >= 0.3 is 6.03 Å². The summed E-state index contributed by atoms with van der Waals surface area (Å²) in [5, 5.41) is 15.7. The average molecular weight is 294 g/mol.